The number of nitrogens with zero attached hydrogens (tertiary/aromatic N) is 2. The second kappa shape index (κ2) is 16.2. The Hall–Kier alpha value is -3.76. The van der Waals surface area contributed by atoms with Crippen molar-refractivity contribution < 1.29 is 39.6 Å². The number of carbonyl (C=O) groups is 3. The predicted octanol–water partition coefficient (Wildman–Crippen LogP) is 3.54. The Balaban J connectivity index is 0.000000332. The van der Waals surface area contributed by atoms with Crippen molar-refractivity contribution in [3.63, 3.8) is 0 Å². The maximum absolute atomic E-state index is 10.3. The van der Waals surface area contributed by atoms with Gasteiger partial charge in [-0.15, -0.1) is 0 Å². The quantitative estimate of drug-likeness (QED) is 0.225. The van der Waals surface area contributed by atoms with Crippen LogP contribution in [0.25, 0.3) is 0 Å². The van der Waals surface area contributed by atoms with E-state index in [0.29, 0.717) is 0 Å². The number of benzene rings is 2. The number of oxime groups is 1. The minimum absolute atomic E-state index is 0.797. The van der Waals surface area contributed by atoms with Gasteiger partial charge in [-0.2, -0.15) is 0 Å². The molecule has 4 N–H and O–H groups in total. The van der Waals surface area contributed by atoms with Crippen LogP contribution in [0.1, 0.15) is 44.1 Å². The Labute approximate surface area is 222 Å². The number of hydrogen-bond acceptors (Lipinski definition) is 7. The molecule has 1 saturated heterocycles. The summed E-state index contributed by atoms with van der Waals surface area (Å²) in [6.45, 7) is 3.65. The number of rotatable bonds is 13. The van der Waals surface area contributed by atoms with Crippen molar-refractivity contribution in [3.8, 4) is 5.75 Å². The molecule has 1 fully saturated rings. The van der Waals surface area contributed by atoms with Crippen LogP contribution in [-0.2, 0) is 20.8 Å². The molecule has 10 heteroatoms. The molecule has 1 heterocycles. The molecule has 0 unspecified atom stereocenters. The number of likely N-dealkylation sites (tertiary alicyclic amines) is 1. The first-order valence-corrected chi connectivity index (χ1v) is 12.6. The van der Waals surface area contributed by atoms with Gasteiger partial charge < -0.3 is 30.2 Å². The number of aliphatic hydroxyl groups is 1. The fraction of sp³-hybridized carbons (Fsp3) is 0.429. The number of piperidine rings is 1. The van der Waals surface area contributed by atoms with Crippen molar-refractivity contribution in [2.45, 2.75) is 50.5 Å². The van der Waals surface area contributed by atoms with E-state index in [9.17, 15) is 14.4 Å². The third-order valence-electron chi connectivity index (χ3n) is 6.23. The van der Waals surface area contributed by atoms with Gasteiger partial charge in [-0.3, -0.25) is 9.59 Å². The molecule has 2 aromatic carbocycles. The van der Waals surface area contributed by atoms with Gasteiger partial charge in [0.05, 0.1) is 12.8 Å². The van der Waals surface area contributed by atoms with Crippen LogP contribution in [0.2, 0.25) is 0 Å². The molecule has 0 aliphatic carbocycles. The van der Waals surface area contributed by atoms with Crippen LogP contribution in [0, 0.1) is 5.92 Å². The molecular weight excluding hydrogens is 492 g/mol. The number of aliphatic carboxylic acids is 3. The Morgan fingerprint density at radius 3 is 2.00 bits per heavy atom. The van der Waals surface area contributed by atoms with Crippen molar-refractivity contribution in [3.05, 3.63) is 66.2 Å². The lowest BCUT2D eigenvalue weighted by Crippen LogP contribution is -2.42. The zero-order valence-corrected chi connectivity index (χ0v) is 21.3. The fourth-order valence-corrected chi connectivity index (χ4v) is 4.09. The Bertz CT molecular complexity index is 1010. The summed E-state index contributed by atoms with van der Waals surface area (Å²) < 4.78 is 0. The van der Waals surface area contributed by atoms with Crippen LogP contribution in [0.3, 0.4) is 0 Å². The molecule has 0 radical (unpaired) electrons. The summed E-state index contributed by atoms with van der Waals surface area (Å²) in [5, 5.41) is 37.9. The van der Waals surface area contributed by atoms with Gasteiger partial charge in [0.2, 0.25) is 0 Å². The van der Waals surface area contributed by atoms with Crippen LogP contribution >= 0.6 is 0 Å². The highest BCUT2D eigenvalue weighted by Gasteiger charge is 2.40. The summed E-state index contributed by atoms with van der Waals surface area (Å²) in [5.41, 5.74) is -1.29. The second-order valence-electron chi connectivity index (χ2n) is 9.27. The van der Waals surface area contributed by atoms with Gasteiger partial charge in [-0.25, -0.2) is 4.79 Å². The maximum atomic E-state index is 10.3. The average molecular weight is 529 g/mol. The minimum atomic E-state index is -2.74. The van der Waals surface area contributed by atoms with Crippen LogP contribution in [0.4, 0.5) is 0 Å². The molecule has 38 heavy (non-hydrogen) atoms. The van der Waals surface area contributed by atoms with Crippen molar-refractivity contribution in [2.75, 3.05) is 19.6 Å². The summed E-state index contributed by atoms with van der Waals surface area (Å²) in [6, 6.07) is 20.5. The van der Waals surface area contributed by atoms with Gasteiger partial charge in [0.1, 0.15) is 0 Å². The zero-order chi connectivity index (χ0) is 27.8. The maximum Gasteiger partial charge on any atom is 0.336 e. The monoisotopic (exact) mass is 528 g/mol. The highest BCUT2D eigenvalue weighted by molar-refractivity contribution is 5.88. The number of carboxylic acid groups (broad SMARTS) is 3. The van der Waals surface area contributed by atoms with E-state index in [1.807, 2.05) is 36.5 Å². The van der Waals surface area contributed by atoms with Gasteiger partial charge in [-0.05, 0) is 68.8 Å². The molecule has 0 bridgehead atoms. The highest BCUT2D eigenvalue weighted by Crippen LogP contribution is 2.22. The predicted molar refractivity (Wildman–Crippen MR) is 141 cm³/mol. The Kier molecular flexibility index (Phi) is 13.0. The molecule has 10 nitrogen and oxygen atoms in total. The van der Waals surface area contributed by atoms with E-state index in [1.165, 1.54) is 44.5 Å². The Morgan fingerprint density at radius 2 is 1.47 bits per heavy atom. The SMILES string of the molecule is C(/CCC1CCN(CCc2ccccc2)CC1)=N\Oc1ccccc1.O=C(O)CC(O)(CC(=O)O)C(=O)O. The molecule has 0 saturated carbocycles. The van der Waals surface area contributed by atoms with E-state index in [4.69, 9.17) is 25.3 Å². The summed E-state index contributed by atoms with van der Waals surface area (Å²) in [7, 11) is 0. The molecule has 0 atom stereocenters. The first-order chi connectivity index (χ1) is 18.2. The topological polar surface area (TPSA) is 157 Å². The van der Waals surface area contributed by atoms with Crippen LogP contribution in [0.5, 0.6) is 5.75 Å². The minimum Gasteiger partial charge on any atom is -0.481 e. The van der Waals surface area contributed by atoms with Crippen molar-refractivity contribution >= 4 is 24.1 Å². The third-order valence-corrected chi connectivity index (χ3v) is 6.23. The van der Waals surface area contributed by atoms with Gasteiger partial charge >= 0.3 is 17.9 Å². The first kappa shape index (κ1) is 30.5. The lowest BCUT2D eigenvalue weighted by molar-refractivity contribution is -0.170. The van der Waals surface area contributed by atoms with Gasteiger partial charge in [0.15, 0.2) is 11.4 Å². The molecule has 1 aliphatic heterocycles. The van der Waals surface area contributed by atoms with E-state index in [1.54, 1.807) is 0 Å². The molecule has 0 amide bonds. The normalized spacial score (nSPS) is 14.4. The summed E-state index contributed by atoms with van der Waals surface area (Å²) in [6.07, 6.45) is 5.62. The lowest BCUT2D eigenvalue weighted by Gasteiger charge is -2.31. The molecule has 3 rings (SSSR count). The third kappa shape index (κ3) is 12.0. The smallest absolute Gasteiger partial charge is 0.336 e. The highest BCUT2D eigenvalue weighted by atomic mass is 16.6. The van der Waals surface area contributed by atoms with E-state index in [-0.39, 0.29) is 0 Å². The standard InChI is InChI=1S/C22H28N2O.C6H8O7/c1-3-8-20(9-4-1)13-17-24-18-14-21(15-19-24)10-7-16-23-25-22-11-5-2-6-12-22;7-3(8)1-6(13,5(11)12)2-4(9)10/h1-6,8-9,11-12,16,21H,7,10,13-15,17-19H2;13H,1-2H2,(H,7,8)(H,9,10)(H,11,12)/b23-16+;. The van der Waals surface area contributed by atoms with Crippen molar-refractivity contribution in [2.24, 2.45) is 11.1 Å². The summed E-state index contributed by atoms with van der Waals surface area (Å²) in [5.74, 6) is -3.39. The van der Waals surface area contributed by atoms with Crippen LogP contribution < -0.4 is 4.84 Å². The summed E-state index contributed by atoms with van der Waals surface area (Å²) >= 11 is 0. The van der Waals surface area contributed by atoms with Gasteiger partial charge in [-0.1, -0.05) is 53.7 Å². The molecule has 2 aromatic rings. The van der Waals surface area contributed by atoms with Gasteiger partial charge in [0, 0.05) is 12.8 Å². The zero-order valence-electron chi connectivity index (χ0n) is 21.3. The molecule has 0 spiro atoms. The summed E-state index contributed by atoms with van der Waals surface area (Å²) in [4.78, 5) is 38.4. The first-order valence-electron chi connectivity index (χ1n) is 12.6. The number of para-hydroxylation sites is 1. The second-order valence-corrected chi connectivity index (χ2v) is 9.27. The van der Waals surface area contributed by atoms with Crippen molar-refractivity contribution in [1.82, 2.24) is 4.90 Å². The van der Waals surface area contributed by atoms with E-state index in [0.717, 1.165) is 24.5 Å². The average Bonchev–Trinajstić information content (AvgIpc) is 2.88. The Morgan fingerprint density at radius 1 is 0.921 bits per heavy atom. The molecule has 0 aromatic heterocycles. The lowest BCUT2D eigenvalue weighted by atomic mass is 9.92. The largest absolute Gasteiger partial charge is 0.481 e. The molecule has 1 aliphatic rings. The molecular formula is C28H36N2O8. The van der Waals surface area contributed by atoms with Crippen LogP contribution in [-0.4, -0.2) is 74.7 Å². The van der Waals surface area contributed by atoms with E-state index < -0.39 is 36.4 Å². The van der Waals surface area contributed by atoms with E-state index >= 15 is 0 Å². The van der Waals surface area contributed by atoms with E-state index in [2.05, 4.69) is 40.4 Å². The van der Waals surface area contributed by atoms with Crippen molar-refractivity contribution in [1.29, 1.82) is 0 Å². The molecule has 206 valence electrons. The number of hydrogen-bond donors (Lipinski definition) is 4. The van der Waals surface area contributed by atoms with Gasteiger partial charge in [0.25, 0.3) is 0 Å². The fourth-order valence-electron chi connectivity index (χ4n) is 4.09. The van der Waals surface area contributed by atoms with Crippen LogP contribution in [0.15, 0.2) is 65.8 Å². The number of carboxylic acids is 3.